The Morgan fingerprint density at radius 1 is 0.818 bits per heavy atom. The maximum absolute atomic E-state index is 13.0. The molecule has 0 aliphatic carbocycles. The topological polar surface area (TPSA) is 21.5 Å². The molecule has 2 aromatic heterocycles. The van der Waals surface area contributed by atoms with Crippen molar-refractivity contribution < 1.29 is 9.18 Å². The number of rotatable bonds is 2. The van der Waals surface area contributed by atoms with Crippen LogP contribution in [0, 0.1) is 5.82 Å². The predicted octanol–water partition coefficient (Wildman–Crippen LogP) is 4.46. The molecule has 2 heterocycles. The highest BCUT2D eigenvalue weighted by Crippen LogP contribution is 2.22. The number of ketones is 1. The van der Waals surface area contributed by atoms with Crippen molar-refractivity contribution in [1.82, 2.24) is 4.40 Å². The van der Waals surface area contributed by atoms with E-state index in [2.05, 4.69) is 0 Å². The lowest BCUT2D eigenvalue weighted by Gasteiger charge is -2.07. The van der Waals surface area contributed by atoms with Crippen molar-refractivity contribution in [2.24, 2.45) is 0 Å². The first-order valence-corrected chi connectivity index (χ1v) is 7.03. The molecule has 0 amide bonds. The molecule has 106 valence electrons. The number of pyridine rings is 1. The third-order valence-corrected chi connectivity index (χ3v) is 3.86. The van der Waals surface area contributed by atoms with Crippen LogP contribution >= 0.6 is 0 Å². The molecule has 0 bridgehead atoms. The third-order valence-electron chi connectivity index (χ3n) is 3.86. The van der Waals surface area contributed by atoms with E-state index in [1.807, 2.05) is 52.9 Å². The van der Waals surface area contributed by atoms with Crippen molar-refractivity contribution in [3.05, 3.63) is 89.9 Å². The van der Waals surface area contributed by atoms with E-state index in [1.54, 1.807) is 0 Å². The molecular weight excluding hydrogens is 277 g/mol. The van der Waals surface area contributed by atoms with Crippen molar-refractivity contribution in [3.8, 4) is 0 Å². The molecule has 4 rings (SSSR count). The van der Waals surface area contributed by atoms with Crippen LogP contribution in [0.15, 0.2) is 72.8 Å². The minimum Gasteiger partial charge on any atom is -0.306 e. The monoisotopic (exact) mass is 289 g/mol. The van der Waals surface area contributed by atoms with Gasteiger partial charge in [-0.05, 0) is 53.9 Å². The van der Waals surface area contributed by atoms with E-state index < -0.39 is 0 Å². The number of hydrogen-bond acceptors (Lipinski definition) is 1. The van der Waals surface area contributed by atoms with Crippen molar-refractivity contribution in [2.75, 3.05) is 0 Å². The zero-order valence-corrected chi connectivity index (χ0v) is 11.7. The zero-order chi connectivity index (χ0) is 15.1. The Morgan fingerprint density at radius 3 is 2.36 bits per heavy atom. The molecule has 0 aliphatic rings. The van der Waals surface area contributed by atoms with Gasteiger partial charge in [-0.3, -0.25) is 4.79 Å². The summed E-state index contributed by atoms with van der Waals surface area (Å²) < 4.78 is 15.0. The summed E-state index contributed by atoms with van der Waals surface area (Å²) in [4.78, 5) is 12.7. The average molecular weight is 289 g/mol. The van der Waals surface area contributed by atoms with Gasteiger partial charge < -0.3 is 4.40 Å². The van der Waals surface area contributed by atoms with E-state index in [4.69, 9.17) is 0 Å². The number of fused-ring (bicyclic) bond motifs is 3. The normalized spacial score (nSPS) is 11.1. The molecule has 0 saturated heterocycles. The lowest BCUT2D eigenvalue weighted by Crippen LogP contribution is -2.05. The van der Waals surface area contributed by atoms with Gasteiger partial charge in [0.15, 0.2) is 0 Å². The number of halogens is 1. The first-order valence-electron chi connectivity index (χ1n) is 7.03. The van der Waals surface area contributed by atoms with E-state index >= 15 is 0 Å². The van der Waals surface area contributed by atoms with Crippen LogP contribution in [0.4, 0.5) is 4.39 Å². The predicted molar refractivity (Wildman–Crippen MR) is 84.7 cm³/mol. The summed E-state index contributed by atoms with van der Waals surface area (Å²) in [6.07, 6.45) is 0. The van der Waals surface area contributed by atoms with Gasteiger partial charge in [-0.2, -0.15) is 0 Å². The summed E-state index contributed by atoms with van der Waals surface area (Å²) in [6, 6.07) is 21.3. The summed E-state index contributed by atoms with van der Waals surface area (Å²) >= 11 is 0. The molecule has 0 saturated carbocycles. The second-order valence-electron chi connectivity index (χ2n) is 5.21. The van der Waals surface area contributed by atoms with Gasteiger partial charge in [-0.15, -0.1) is 0 Å². The Labute approximate surface area is 126 Å². The Bertz CT molecular complexity index is 999. The molecule has 0 atom stereocenters. The number of aromatic nitrogens is 1. The fourth-order valence-corrected chi connectivity index (χ4v) is 2.79. The average Bonchev–Trinajstić information content (AvgIpc) is 2.99. The SMILES string of the molecule is O=C(c1ccc(F)cc1)c1ccc2ccc3ccccc3n12. The minimum atomic E-state index is -0.345. The van der Waals surface area contributed by atoms with Crippen molar-refractivity contribution in [1.29, 1.82) is 0 Å². The van der Waals surface area contributed by atoms with Gasteiger partial charge >= 0.3 is 0 Å². The second-order valence-corrected chi connectivity index (χ2v) is 5.21. The number of nitrogens with zero attached hydrogens (tertiary/aromatic N) is 1. The number of hydrogen-bond donors (Lipinski definition) is 0. The third kappa shape index (κ3) is 1.91. The minimum absolute atomic E-state index is 0.114. The second kappa shape index (κ2) is 4.81. The number of para-hydroxylation sites is 1. The summed E-state index contributed by atoms with van der Waals surface area (Å²) in [7, 11) is 0. The Balaban J connectivity index is 1.97. The molecule has 0 radical (unpaired) electrons. The fraction of sp³-hybridized carbons (Fsp3) is 0. The standard InChI is InChI=1S/C19H12FNO/c20-15-8-5-14(6-9-15)19(22)18-12-11-16-10-7-13-3-1-2-4-17(13)21(16)18/h1-12H. The van der Waals surface area contributed by atoms with Crippen LogP contribution in [0.1, 0.15) is 16.1 Å². The van der Waals surface area contributed by atoms with Crippen LogP contribution in [0.2, 0.25) is 0 Å². The van der Waals surface area contributed by atoms with Gasteiger partial charge in [0.1, 0.15) is 5.82 Å². The molecule has 0 unspecified atom stereocenters. The van der Waals surface area contributed by atoms with E-state index in [9.17, 15) is 9.18 Å². The molecule has 0 N–H and O–H groups in total. The van der Waals surface area contributed by atoms with Crippen LogP contribution in [-0.2, 0) is 0 Å². The molecule has 2 aromatic carbocycles. The Kier molecular flexibility index (Phi) is 2.79. The molecule has 0 fully saturated rings. The van der Waals surface area contributed by atoms with Gasteiger partial charge in [0.25, 0.3) is 0 Å². The largest absolute Gasteiger partial charge is 0.306 e. The lowest BCUT2D eigenvalue weighted by atomic mass is 10.1. The van der Waals surface area contributed by atoms with Crippen LogP contribution in [-0.4, -0.2) is 10.2 Å². The number of carbonyl (C=O) groups is 1. The summed E-state index contributed by atoms with van der Waals surface area (Å²) in [5.74, 6) is -0.460. The molecule has 2 nitrogen and oxygen atoms in total. The quantitative estimate of drug-likeness (QED) is 0.499. The molecule has 0 spiro atoms. The van der Waals surface area contributed by atoms with Crippen LogP contribution in [0.5, 0.6) is 0 Å². The van der Waals surface area contributed by atoms with E-state index in [0.29, 0.717) is 11.3 Å². The lowest BCUT2D eigenvalue weighted by molar-refractivity contribution is 0.103. The summed E-state index contributed by atoms with van der Waals surface area (Å²) in [5.41, 5.74) is 3.01. The summed E-state index contributed by atoms with van der Waals surface area (Å²) in [6.45, 7) is 0. The van der Waals surface area contributed by atoms with Gasteiger partial charge in [-0.1, -0.05) is 24.3 Å². The zero-order valence-electron chi connectivity index (χ0n) is 11.7. The van der Waals surface area contributed by atoms with Crippen molar-refractivity contribution in [2.45, 2.75) is 0 Å². The van der Waals surface area contributed by atoms with Gasteiger partial charge in [0.05, 0.1) is 11.2 Å². The highest BCUT2D eigenvalue weighted by molar-refractivity contribution is 6.09. The maximum Gasteiger partial charge on any atom is 0.209 e. The smallest absolute Gasteiger partial charge is 0.209 e. The van der Waals surface area contributed by atoms with Crippen molar-refractivity contribution >= 4 is 22.2 Å². The first-order chi connectivity index (χ1) is 10.7. The molecule has 22 heavy (non-hydrogen) atoms. The number of carbonyl (C=O) groups excluding carboxylic acids is 1. The fourth-order valence-electron chi connectivity index (χ4n) is 2.79. The molecule has 0 aliphatic heterocycles. The number of benzene rings is 2. The highest BCUT2D eigenvalue weighted by atomic mass is 19.1. The molecule has 4 aromatic rings. The van der Waals surface area contributed by atoms with Crippen LogP contribution in [0.25, 0.3) is 16.4 Å². The van der Waals surface area contributed by atoms with E-state index in [-0.39, 0.29) is 11.6 Å². The van der Waals surface area contributed by atoms with E-state index in [1.165, 1.54) is 24.3 Å². The Hall–Kier alpha value is -2.94. The highest BCUT2D eigenvalue weighted by Gasteiger charge is 2.14. The van der Waals surface area contributed by atoms with Gasteiger partial charge in [0, 0.05) is 11.1 Å². The molecule has 3 heteroatoms. The van der Waals surface area contributed by atoms with Gasteiger partial charge in [0.2, 0.25) is 5.78 Å². The van der Waals surface area contributed by atoms with Gasteiger partial charge in [-0.25, -0.2) is 4.39 Å². The Morgan fingerprint density at radius 2 is 1.55 bits per heavy atom. The van der Waals surface area contributed by atoms with E-state index in [0.717, 1.165) is 16.4 Å². The van der Waals surface area contributed by atoms with Crippen molar-refractivity contribution in [3.63, 3.8) is 0 Å². The molecular formula is C19H12FNO. The van der Waals surface area contributed by atoms with Crippen LogP contribution in [0.3, 0.4) is 0 Å². The van der Waals surface area contributed by atoms with Crippen LogP contribution < -0.4 is 0 Å². The summed E-state index contributed by atoms with van der Waals surface area (Å²) in [5, 5.41) is 1.07. The first kappa shape index (κ1) is 12.8. The maximum atomic E-state index is 13.0.